The van der Waals surface area contributed by atoms with Crippen molar-refractivity contribution in [1.82, 2.24) is 10.3 Å². The molecule has 5 nitrogen and oxygen atoms in total. The molecule has 2 N–H and O–H groups in total. The van der Waals surface area contributed by atoms with Crippen LogP contribution in [0.1, 0.15) is 22.8 Å². The Bertz CT molecular complexity index is 472. The van der Waals surface area contributed by atoms with Crippen LogP contribution in [-0.2, 0) is 4.79 Å². The van der Waals surface area contributed by atoms with E-state index in [1.54, 1.807) is 12.2 Å². The molecule has 1 heterocycles. The lowest BCUT2D eigenvalue weighted by atomic mass is 10.2. The van der Waals surface area contributed by atoms with E-state index in [4.69, 9.17) is 16.7 Å². The van der Waals surface area contributed by atoms with Crippen molar-refractivity contribution in [2.75, 3.05) is 6.54 Å². The van der Waals surface area contributed by atoms with Crippen LogP contribution in [0.15, 0.2) is 18.3 Å². The Kier molecular flexibility index (Phi) is 4.66. The van der Waals surface area contributed by atoms with Gasteiger partial charge < -0.3 is 10.4 Å². The Morgan fingerprint density at radius 3 is 2.88 bits per heavy atom. The maximum atomic E-state index is 10.8. The average Bonchev–Trinajstić information content (AvgIpc) is 2.25. The van der Waals surface area contributed by atoms with Crippen LogP contribution in [0.25, 0.3) is 6.08 Å². The van der Waals surface area contributed by atoms with Crippen molar-refractivity contribution in [2.45, 2.75) is 6.92 Å². The molecule has 0 aliphatic rings. The molecule has 0 aromatic carbocycles. The van der Waals surface area contributed by atoms with Crippen molar-refractivity contribution in [1.29, 1.82) is 0 Å². The minimum Gasteiger partial charge on any atom is -0.478 e. The summed E-state index contributed by atoms with van der Waals surface area (Å²) in [6.07, 6.45) is 4.81. The normalized spacial score (nSPS) is 10.5. The van der Waals surface area contributed by atoms with Gasteiger partial charge in [0.25, 0.3) is 0 Å². The van der Waals surface area contributed by atoms with Gasteiger partial charge in [-0.25, -0.2) is 9.78 Å². The van der Waals surface area contributed by atoms with Crippen LogP contribution in [0.4, 0.5) is 0 Å². The fourth-order valence-electron chi connectivity index (χ4n) is 1.10. The molecule has 0 saturated heterocycles. The number of carboxylic acids is 1. The van der Waals surface area contributed by atoms with Crippen LogP contribution in [0.5, 0.6) is 0 Å². The highest BCUT2D eigenvalue weighted by Gasteiger charge is 2.09. The van der Waals surface area contributed by atoms with Crippen molar-refractivity contribution in [2.24, 2.45) is 0 Å². The van der Waals surface area contributed by atoms with Gasteiger partial charge in [-0.3, -0.25) is 4.79 Å². The fourth-order valence-corrected chi connectivity index (χ4v) is 1.29. The monoisotopic (exact) mass is 254 g/mol. The fraction of sp³-hybridized carbons (Fsp3) is 0.182. The van der Waals surface area contributed by atoms with Crippen LogP contribution >= 0.6 is 11.6 Å². The zero-order valence-corrected chi connectivity index (χ0v) is 9.86. The smallest absolute Gasteiger partial charge is 0.338 e. The van der Waals surface area contributed by atoms with Gasteiger partial charge in [0.2, 0.25) is 5.91 Å². The minimum absolute atomic E-state index is 0.0449. The predicted octanol–water partition coefficient (Wildman–Crippen LogP) is 1.58. The highest BCUT2D eigenvalue weighted by atomic mass is 35.5. The van der Waals surface area contributed by atoms with Crippen molar-refractivity contribution >= 4 is 29.6 Å². The van der Waals surface area contributed by atoms with Gasteiger partial charge in [-0.05, 0) is 11.6 Å². The van der Waals surface area contributed by atoms with E-state index in [1.807, 2.05) is 0 Å². The summed E-state index contributed by atoms with van der Waals surface area (Å²) in [7, 11) is 0. The van der Waals surface area contributed by atoms with Gasteiger partial charge in [-0.2, -0.15) is 0 Å². The molecule has 0 radical (unpaired) electrons. The standard InChI is InChI=1S/C11H11ClN2O3/c1-7(15)13-4-2-3-8-5-9(11(16)17)10(12)14-6-8/h2-3,5-6H,4H2,1H3,(H,13,15)(H,16,17). The first kappa shape index (κ1) is 13.2. The number of carbonyl (C=O) groups excluding carboxylic acids is 1. The lowest BCUT2D eigenvalue weighted by molar-refractivity contribution is -0.118. The van der Waals surface area contributed by atoms with Gasteiger partial charge in [-0.1, -0.05) is 23.8 Å². The molecular formula is C11H11ClN2O3. The van der Waals surface area contributed by atoms with E-state index in [2.05, 4.69) is 10.3 Å². The highest BCUT2D eigenvalue weighted by Crippen LogP contribution is 2.15. The first-order valence-electron chi connectivity index (χ1n) is 4.80. The Morgan fingerprint density at radius 1 is 1.59 bits per heavy atom. The zero-order chi connectivity index (χ0) is 12.8. The predicted molar refractivity (Wildman–Crippen MR) is 63.9 cm³/mol. The number of carbonyl (C=O) groups is 2. The average molecular weight is 255 g/mol. The number of aromatic carboxylic acids is 1. The molecule has 0 saturated carbocycles. The van der Waals surface area contributed by atoms with Crippen LogP contribution in [0.2, 0.25) is 5.15 Å². The van der Waals surface area contributed by atoms with Crippen LogP contribution in [0.3, 0.4) is 0 Å². The number of hydrogen-bond acceptors (Lipinski definition) is 3. The summed E-state index contributed by atoms with van der Waals surface area (Å²) in [5.41, 5.74) is 0.561. The number of rotatable bonds is 4. The molecule has 0 atom stereocenters. The maximum Gasteiger partial charge on any atom is 0.338 e. The van der Waals surface area contributed by atoms with Crippen molar-refractivity contribution in [3.63, 3.8) is 0 Å². The third-order valence-electron chi connectivity index (χ3n) is 1.87. The lowest BCUT2D eigenvalue weighted by Gasteiger charge is -1.99. The number of aromatic nitrogens is 1. The molecule has 17 heavy (non-hydrogen) atoms. The number of hydrogen-bond donors (Lipinski definition) is 2. The second kappa shape index (κ2) is 6.00. The first-order chi connectivity index (χ1) is 8.00. The minimum atomic E-state index is -1.13. The summed E-state index contributed by atoms with van der Waals surface area (Å²) in [5, 5.41) is 11.4. The number of amides is 1. The summed E-state index contributed by atoms with van der Waals surface area (Å²) < 4.78 is 0. The van der Waals surface area contributed by atoms with E-state index >= 15 is 0 Å². The Hall–Kier alpha value is -1.88. The van der Waals surface area contributed by atoms with E-state index in [0.717, 1.165) is 0 Å². The first-order valence-corrected chi connectivity index (χ1v) is 5.18. The molecule has 1 aromatic heterocycles. The topological polar surface area (TPSA) is 79.3 Å². The van der Waals surface area contributed by atoms with Gasteiger partial charge in [0.1, 0.15) is 5.15 Å². The maximum absolute atomic E-state index is 10.8. The number of pyridine rings is 1. The number of nitrogens with one attached hydrogen (secondary N) is 1. The van der Waals surface area contributed by atoms with Crippen LogP contribution in [-0.4, -0.2) is 28.5 Å². The number of carboxylic acid groups (broad SMARTS) is 1. The molecule has 1 amide bonds. The van der Waals surface area contributed by atoms with E-state index < -0.39 is 5.97 Å². The molecule has 90 valence electrons. The molecular weight excluding hydrogens is 244 g/mol. The van der Waals surface area contributed by atoms with Gasteiger partial charge in [0, 0.05) is 19.7 Å². The molecule has 0 unspecified atom stereocenters. The van der Waals surface area contributed by atoms with Gasteiger partial charge in [-0.15, -0.1) is 0 Å². The molecule has 0 bridgehead atoms. The lowest BCUT2D eigenvalue weighted by Crippen LogP contribution is -2.19. The summed E-state index contributed by atoms with van der Waals surface area (Å²) in [6.45, 7) is 1.79. The van der Waals surface area contributed by atoms with E-state index in [9.17, 15) is 9.59 Å². The Labute approximate surface area is 103 Å². The third-order valence-corrected chi connectivity index (χ3v) is 2.17. The van der Waals surface area contributed by atoms with Crippen molar-refractivity contribution in [3.8, 4) is 0 Å². The molecule has 1 aromatic rings. The number of halogens is 1. The van der Waals surface area contributed by atoms with E-state index in [0.29, 0.717) is 12.1 Å². The summed E-state index contributed by atoms with van der Waals surface area (Å²) in [4.78, 5) is 25.1. The molecule has 6 heteroatoms. The summed E-state index contributed by atoms with van der Waals surface area (Å²) in [6, 6.07) is 1.42. The van der Waals surface area contributed by atoms with Crippen LogP contribution < -0.4 is 5.32 Å². The molecule has 1 rings (SSSR count). The summed E-state index contributed by atoms with van der Waals surface area (Å²) in [5.74, 6) is -1.25. The quantitative estimate of drug-likeness (QED) is 0.800. The molecule has 0 aliphatic heterocycles. The van der Waals surface area contributed by atoms with Crippen molar-refractivity contribution < 1.29 is 14.7 Å². The van der Waals surface area contributed by atoms with E-state index in [-0.39, 0.29) is 16.6 Å². The summed E-state index contributed by atoms with van der Waals surface area (Å²) >= 11 is 5.62. The largest absolute Gasteiger partial charge is 0.478 e. The highest BCUT2D eigenvalue weighted by molar-refractivity contribution is 6.32. The second-order valence-corrected chi connectivity index (χ2v) is 3.61. The Morgan fingerprint density at radius 2 is 2.29 bits per heavy atom. The molecule has 0 aliphatic carbocycles. The second-order valence-electron chi connectivity index (χ2n) is 3.25. The Balaban J connectivity index is 2.75. The van der Waals surface area contributed by atoms with Gasteiger partial charge in [0.15, 0.2) is 0 Å². The number of nitrogens with zero attached hydrogens (tertiary/aromatic N) is 1. The molecule has 0 fully saturated rings. The van der Waals surface area contributed by atoms with Gasteiger partial charge >= 0.3 is 5.97 Å². The van der Waals surface area contributed by atoms with Crippen LogP contribution in [0, 0.1) is 0 Å². The molecule has 0 spiro atoms. The SMILES string of the molecule is CC(=O)NCC=Cc1cnc(Cl)c(C(=O)O)c1. The third kappa shape index (κ3) is 4.24. The van der Waals surface area contributed by atoms with Crippen molar-refractivity contribution in [3.05, 3.63) is 34.6 Å². The van der Waals surface area contributed by atoms with Gasteiger partial charge in [0.05, 0.1) is 5.56 Å². The zero-order valence-electron chi connectivity index (χ0n) is 9.11. The van der Waals surface area contributed by atoms with E-state index in [1.165, 1.54) is 19.2 Å².